The van der Waals surface area contributed by atoms with Gasteiger partial charge < -0.3 is 5.73 Å². The molecule has 0 saturated carbocycles. The van der Waals surface area contributed by atoms with Crippen LogP contribution in [0, 0.1) is 0 Å². The van der Waals surface area contributed by atoms with E-state index in [9.17, 15) is 0 Å². The Labute approximate surface area is 102 Å². The highest BCUT2D eigenvalue weighted by Gasteiger charge is 2.07. The number of nitrogens with zero attached hydrogens (tertiary/aromatic N) is 4. The highest BCUT2D eigenvalue weighted by molar-refractivity contribution is 7.80. The van der Waals surface area contributed by atoms with E-state index in [0.29, 0.717) is 4.99 Å². The summed E-state index contributed by atoms with van der Waals surface area (Å²) >= 11 is 4.99. The molecule has 2 N–H and O–H groups in total. The Kier molecular flexibility index (Phi) is 2.15. The minimum atomic E-state index is 0.352. The van der Waals surface area contributed by atoms with Gasteiger partial charge in [-0.05, 0) is 18.2 Å². The fourth-order valence-electron chi connectivity index (χ4n) is 1.72. The van der Waals surface area contributed by atoms with Crippen molar-refractivity contribution in [3.8, 4) is 5.82 Å². The summed E-state index contributed by atoms with van der Waals surface area (Å²) < 4.78 is 3.56. The van der Waals surface area contributed by atoms with Crippen LogP contribution in [0.5, 0.6) is 0 Å². The van der Waals surface area contributed by atoms with Gasteiger partial charge in [0.15, 0.2) is 5.65 Å². The Morgan fingerprint density at radius 3 is 2.94 bits per heavy atom. The zero-order chi connectivity index (χ0) is 11.8. The first-order valence-electron chi connectivity index (χ1n) is 5.03. The van der Waals surface area contributed by atoms with E-state index in [2.05, 4.69) is 10.1 Å². The van der Waals surface area contributed by atoms with Gasteiger partial charge in [-0.2, -0.15) is 5.10 Å². The molecule has 0 aromatic carbocycles. The number of hydrogen-bond donors (Lipinski definition) is 1. The zero-order valence-electron chi connectivity index (χ0n) is 8.82. The summed E-state index contributed by atoms with van der Waals surface area (Å²) in [6, 6.07) is 7.45. The van der Waals surface area contributed by atoms with Gasteiger partial charge >= 0.3 is 0 Å². The third-order valence-corrected chi connectivity index (χ3v) is 2.70. The summed E-state index contributed by atoms with van der Waals surface area (Å²) in [5.41, 5.74) is 7.21. The smallest absolute Gasteiger partial charge is 0.157 e. The van der Waals surface area contributed by atoms with Crippen LogP contribution in [0.3, 0.4) is 0 Å². The first kappa shape index (κ1) is 9.98. The van der Waals surface area contributed by atoms with Crippen LogP contribution in [0.2, 0.25) is 0 Å². The van der Waals surface area contributed by atoms with Crippen molar-refractivity contribution in [1.82, 2.24) is 19.2 Å². The average molecular weight is 243 g/mol. The number of aromatic nitrogens is 4. The second-order valence-corrected chi connectivity index (χ2v) is 3.99. The molecule has 3 aromatic rings. The monoisotopic (exact) mass is 243 g/mol. The maximum atomic E-state index is 5.65. The highest BCUT2D eigenvalue weighted by Crippen LogP contribution is 2.11. The molecule has 0 amide bonds. The molecule has 6 heteroatoms. The van der Waals surface area contributed by atoms with Crippen molar-refractivity contribution in [3.63, 3.8) is 0 Å². The van der Waals surface area contributed by atoms with E-state index in [0.717, 1.165) is 17.2 Å². The van der Waals surface area contributed by atoms with E-state index in [-0.39, 0.29) is 0 Å². The van der Waals surface area contributed by atoms with Crippen molar-refractivity contribution in [2.75, 3.05) is 0 Å². The van der Waals surface area contributed by atoms with E-state index in [4.69, 9.17) is 18.0 Å². The summed E-state index contributed by atoms with van der Waals surface area (Å²) in [5, 5.41) is 4.09. The normalized spacial score (nSPS) is 10.8. The van der Waals surface area contributed by atoms with Crippen LogP contribution in [0.4, 0.5) is 0 Å². The summed E-state index contributed by atoms with van der Waals surface area (Å²) in [7, 11) is 0. The highest BCUT2D eigenvalue weighted by atomic mass is 32.1. The van der Waals surface area contributed by atoms with Crippen molar-refractivity contribution in [3.05, 3.63) is 48.5 Å². The maximum absolute atomic E-state index is 5.65. The first-order valence-corrected chi connectivity index (χ1v) is 5.44. The molecular weight excluding hydrogens is 234 g/mol. The Bertz CT molecular complexity index is 697. The van der Waals surface area contributed by atoms with Crippen molar-refractivity contribution in [2.24, 2.45) is 5.73 Å². The van der Waals surface area contributed by atoms with Gasteiger partial charge in [-0.15, -0.1) is 0 Å². The van der Waals surface area contributed by atoms with E-state index in [1.54, 1.807) is 10.7 Å². The molecule has 3 rings (SSSR count). The van der Waals surface area contributed by atoms with Gasteiger partial charge in [-0.1, -0.05) is 12.2 Å². The SMILES string of the molecule is NC(=S)c1cccn1-c1ccn2nccc2n1. The van der Waals surface area contributed by atoms with Crippen LogP contribution in [-0.4, -0.2) is 24.2 Å². The number of thiocarbonyl (C=S) groups is 1. The lowest BCUT2D eigenvalue weighted by molar-refractivity contribution is 0.910. The van der Waals surface area contributed by atoms with Crippen molar-refractivity contribution in [2.45, 2.75) is 0 Å². The van der Waals surface area contributed by atoms with Gasteiger partial charge in [0, 0.05) is 18.5 Å². The molecule has 3 aromatic heterocycles. The molecule has 84 valence electrons. The number of nitrogens with two attached hydrogens (primary N) is 1. The van der Waals surface area contributed by atoms with Gasteiger partial charge in [0.05, 0.1) is 11.9 Å². The summed E-state index contributed by atoms with van der Waals surface area (Å²) in [6.45, 7) is 0. The molecule has 0 aliphatic carbocycles. The fraction of sp³-hybridized carbons (Fsp3) is 0. The number of fused-ring (bicyclic) bond motifs is 1. The topological polar surface area (TPSA) is 61.1 Å². The van der Waals surface area contributed by atoms with Crippen LogP contribution in [0.15, 0.2) is 42.9 Å². The molecule has 0 spiro atoms. The molecule has 0 aliphatic rings. The van der Waals surface area contributed by atoms with E-state index < -0.39 is 0 Å². The van der Waals surface area contributed by atoms with E-state index in [1.165, 1.54) is 0 Å². The molecule has 0 bridgehead atoms. The standard InChI is InChI=1S/C11H9N5S/c12-11(17)8-2-1-6-15(8)9-4-7-16-10(14-9)3-5-13-16/h1-7H,(H2,12,17). The Morgan fingerprint density at radius 2 is 2.12 bits per heavy atom. The van der Waals surface area contributed by atoms with Crippen LogP contribution < -0.4 is 5.73 Å². The molecule has 0 unspecified atom stereocenters. The van der Waals surface area contributed by atoms with E-state index in [1.807, 2.05) is 41.2 Å². The van der Waals surface area contributed by atoms with Crippen molar-refractivity contribution < 1.29 is 0 Å². The van der Waals surface area contributed by atoms with Gasteiger partial charge in [0.1, 0.15) is 10.8 Å². The number of hydrogen-bond acceptors (Lipinski definition) is 3. The predicted molar refractivity (Wildman–Crippen MR) is 68.2 cm³/mol. The third kappa shape index (κ3) is 1.58. The molecule has 5 nitrogen and oxygen atoms in total. The molecule has 0 atom stereocenters. The molecular formula is C11H9N5S. The van der Waals surface area contributed by atoms with E-state index >= 15 is 0 Å². The zero-order valence-corrected chi connectivity index (χ0v) is 9.63. The molecule has 17 heavy (non-hydrogen) atoms. The van der Waals surface area contributed by atoms with Crippen molar-refractivity contribution >= 4 is 22.9 Å². The summed E-state index contributed by atoms with van der Waals surface area (Å²) in [5.74, 6) is 0.769. The Morgan fingerprint density at radius 1 is 1.24 bits per heavy atom. The average Bonchev–Trinajstić information content (AvgIpc) is 2.96. The largest absolute Gasteiger partial charge is 0.388 e. The quantitative estimate of drug-likeness (QED) is 0.686. The van der Waals surface area contributed by atoms with Crippen LogP contribution in [0.1, 0.15) is 5.69 Å². The minimum absolute atomic E-state index is 0.352. The molecule has 0 saturated heterocycles. The van der Waals surface area contributed by atoms with Gasteiger partial charge in [0.25, 0.3) is 0 Å². The number of rotatable bonds is 2. The third-order valence-electron chi connectivity index (χ3n) is 2.49. The first-order chi connectivity index (χ1) is 8.25. The molecule has 3 heterocycles. The molecule has 0 radical (unpaired) electrons. The second-order valence-electron chi connectivity index (χ2n) is 3.55. The molecule has 0 aliphatic heterocycles. The second kappa shape index (κ2) is 3.67. The fourth-order valence-corrected chi connectivity index (χ4v) is 1.88. The van der Waals surface area contributed by atoms with Crippen LogP contribution in [-0.2, 0) is 0 Å². The van der Waals surface area contributed by atoms with Gasteiger partial charge in [0.2, 0.25) is 0 Å². The van der Waals surface area contributed by atoms with Gasteiger partial charge in [-0.25, -0.2) is 9.50 Å². The molecule has 0 fully saturated rings. The minimum Gasteiger partial charge on any atom is -0.388 e. The summed E-state index contributed by atoms with van der Waals surface area (Å²) in [4.78, 5) is 4.82. The van der Waals surface area contributed by atoms with Crippen LogP contribution >= 0.6 is 12.2 Å². The lowest BCUT2D eigenvalue weighted by atomic mass is 10.4. The van der Waals surface area contributed by atoms with Crippen molar-refractivity contribution in [1.29, 1.82) is 0 Å². The lowest BCUT2D eigenvalue weighted by Gasteiger charge is -2.07. The maximum Gasteiger partial charge on any atom is 0.157 e. The lowest BCUT2D eigenvalue weighted by Crippen LogP contribution is -2.15. The van der Waals surface area contributed by atoms with Crippen LogP contribution in [0.25, 0.3) is 11.5 Å². The Balaban J connectivity index is 2.19. The Hall–Kier alpha value is -2.21. The summed E-state index contributed by atoms with van der Waals surface area (Å²) in [6.07, 6.45) is 5.43. The predicted octanol–water partition coefficient (Wildman–Crippen LogP) is 1.15. The van der Waals surface area contributed by atoms with Gasteiger partial charge in [-0.3, -0.25) is 4.57 Å².